The first-order valence-electron chi connectivity index (χ1n) is 11.0. The number of hydrogen-bond donors (Lipinski definition) is 2. The van der Waals surface area contributed by atoms with E-state index in [2.05, 4.69) is 20.4 Å². The summed E-state index contributed by atoms with van der Waals surface area (Å²) in [5, 5.41) is 6.04. The Morgan fingerprint density at radius 1 is 1.19 bits per heavy atom. The van der Waals surface area contributed by atoms with E-state index in [4.69, 9.17) is 32.7 Å². The number of anilines is 2. The molecule has 1 unspecified atom stereocenters. The lowest BCUT2D eigenvalue weighted by Gasteiger charge is -2.39. The SMILES string of the molecule is CC(C)(OCc1ccccc1)C1CNc2c(C(=O)Nc3c(Cl)cncc3Cl)ccc(OC(F)F)c2O1. The van der Waals surface area contributed by atoms with E-state index in [1.807, 2.05) is 44.2 Å². The van der Waals surface area contributed by atoms with Crippen LogP contribution in [0.3, 0.4) is 0 Å². The van der Waals surface area contributed by atoms with Crippen molar-refractivity contribution in [3.05, 3.63) is 76.0 Å². The van der Waals surface area contributed by atoms with Crippen LogP contribution in [0.5, 0.6) is 11.5 Å². The van der Waals surface area contributed by atoms with Gasteiger partial charge >= 0.3 is 6.61 Å². The molecular formula is C25H23Cl2F2N3O4. The normalized spacial score (nSPS) is 15.0. The molecular weight excluding hydrogens is 515 g/mol. The van der Waals surface area contributed by atoms with Crippen molar-refractivity contribution < 1.29 is 27.8 Å². The van der Waals surface area contributed by atoms with E-state index in [9.17, 15) is 13.6 Å². The third kappa shape index (κ3) is 5.80. The van der Waals surface area contributed by atoms with E-state index >= 15 is 0 Å². The minimum atomic E-state index is -3.09. The summed E-state index contributed by atoms with van der Waals surface area (Å²) in [5.41, 5.74) is 0.645. The second-order valence-corrected chi connectivity index (χ2v) is 9.31. The van der Waals surface area contributed by atoms with Gasteiger partial charge in [0, 0.05) is 12.4 Å². The lowest BCUT2D eigenvalue weighted by molar-refractivity contribution is -0.0983. The number of hydrogen-bond acceptors (Lipinski definition) is 6. The number of halogens is 4. The highest BCUT2D eigenvalue weighted by atomic mass is 35.5. The third-order valence-corrected chi connectivity index (χ3v) is 6.20. The largest absolute Gasteiger partial charge is 0.479 e. The summed E-state index contributed by atoms with van der Waals surface area (Å²) in [6.45, 7) is 1.16. The highest BCUT2D eigenvalue weighted by molar-refractivity contribution is 6.39. The third-order valence-electron chi connectivity index (χ3n) is 5.63. The molecule has 1 aromatic heterocycles. The monoisotopic (exact) mass is 537 g/mol. The first-order valence-corrected chi connectivity index (χ1v) is 11.7. The number of alkyl halides is 2. The molecule has 0 bridgehead atoms. The summed E-state index contributed by atoms with van der Waals surface area (Å²) in [7, 11) is 0. The Bertz CT molecular complexity index is 1230. The first kappa shape index (κ1) is 25.9. The second-order valence-electron chi connectivity index (χ2n) is 8.49. The predicted molar refractivity (Wildman–Crippen MR) is 133 cm³/mol. The highest BCUT2D eigenvalue weighted by Crippen LogP contribution is 2.44. The van der Waals surface area contributed by atoms with Crippen LogP contribution in [0, 0.1) is 0 Å². The number of ether oxygens (including phenoxy) is 3. The van der Waals surface area contributed by atoms with Crippen molar-refractivity contribution in [1.29, 1.82) is 0 Å². The molecule has 11 heteroatoms. The van der Waals surface area contributed by atoms with E-state index < -0.39 is 24.2 Å². The molecule has 1 aliphatic rings. The van der Waals surface area contributed by atoms with Crippen molar-refractivity contribution in [1.82, 2.24) is 4.98 Å². The molecule has 2 aromatic carbocycles. The summed E-state index contributed by atoms with van der Waals surface area (Å²) in [4.78, 5) is 17.0. The topological polar surface area (TPSA) is 81.7 Å². The molecule has 36 heavy (non-hydrogen) atoms. The van der Waals surface area contributed by atoms with Crippen molar-refractivity contribution in [3.8, 4) is 11.5 Å². The predicted octanol–water partition coefficient (Wildman–Crippen LogP) is 6.41. The van der Waals surface area contributed by atoms with Crippen LogP contribution >= 0.6 is 23.2 Å². The molecule has 0 radical (unpaired) electrons. The molecule has 4 rings (SSSR count). The van der Waals surface area contributed by atoms with Crippen LogP contribution < -0.4 is 20.1 Å². The number of amides is 1. The average Bonchev–Trinajstić information content (AvgIpc) is 2.85. The molecule has 0 saturated heterocycles. The van der Waals surface area contributed by atoms with Crippen molar-refractivity contribution in [2.75, 3.05) is 17.2 Å². The molecule has 7 nitrogen and oxygen atoms in total. The van der Waals surface area contributed by atoms with Gasteiger partial charge in [-0.1, -0.05) is 53.5 Å². The van der Waals surface area contributed by atoms with Crippen molar-refractivity contribution in [3.63, 3.8) is 0 Å². The number of rotatable bonds is 8. The summed E-state index contributed by atoms with van der Waals surface area (Å²) in [6, 6.07) is 12.2. The van der Waals surface area contributed by atoms with E-state index in [1.165, 1.54) is 24.5 Å². The summed E-state index contributed by atoms with van der Waals surface area (Å²) in [5.74, 6) is -0.825. The molecule has 0 spiro atoms. The number of benzene rings is 2. The molecule has 190 valence electrons. The zero-order valence-electron chi connectivity index (χ0n) is 19.4. The van der Waals surface area contributed by atoms with Gasteiger partial charge in [0.15, 0.2) is 11.5 Å². The number of aromatic nitrogens is 1. The van der Waals surface area contributed by atoms with Crippen LogP contribution in [-0.4, -0.2) is 35.8 Å². The molecule has 1 amide bonds. The number of nitrogens with zero attached hydrogens (tertiary/aromatic N) is 1. The van der Waals surface area contributed by atoms with Crippen molar-refractivity contribution >= 4 is 40.5 Å². The van der Waals surface area contributed by atoms with Gasteiger partial charge in [-0.05, 0) is 31.5 Å². The zero-order chi connectivity index (χ0) is 25.9. The van der Waals surface area contributed by atoms with Gasteiger partial charge < -0.3 is 24.8 Å². The summed E-state index contributed by atoms with van der Waals surface area (Å²) >= 11 is 12.2. The number of carbonyl (C=O) groups excluding carboxylic acids is 1. The molecule has 0 fully saturated rings. The van der Waals surface area contributed by atoms with E-state index in [1.54, 1.807) is 0 Å². The number of fused-ring (bicyclic) bond motifs is 1. The van der Waals surface area contributed by atoms with Crippen LogP contribution in [0.1, 0.15) is 29.8 Å². The maximum Gasteiger partial charge on any atom is 0.387 e. The number of carbonyl (C=O) groups is 1. The zero-order valence-corrected chi connectivity index (χ0v) is 20.9. The average molecular weight is 538 g/mol. The standard InChI is InChI=1S/C25H23Cl2F2N3O4/c1-25(2,34-13-14-6-4-3-5-7-14)19-12-31-20-15(8-9-18(22(20)36-19)35-24(28)29)23(33)32-21-16(26)10-30-11-17(21)27/h3-11,19,24,31H,12-13H2,1-2H3,(H,30,32,33). The smallest absolute Gasteiger partial charge is 0.387 e. The lowest BCUT2D eigenvalue weighted by atomic mass is 9.98. The van der Waals surface area contributed by atoms with Gasteiger partial charge in [0.1, 0.15) is 11.7 Å². The maximum atomic E-state index is 13.1. The van der Waals surface area contributed by atoms with Crippen LogP contribution in [0.4, 0.5) is 20.2 Å². The Kier molecular flexibility index (Phi) is 7.82. The molecule has 2 N–H and O–H groups in total. The van der Waals surface area contributed by atoms with Crippen LogP contribution in [0.2, 0.25) is 10.0 Å². The molecule has 1 atom stereocenters. The van der Waals surface area contributed by atoms with Crippen LogP contribution in [0.15, 0.2) is 54.9 Å². The highest BCUT2D eigenvalue weighted by Gasteiger charge is 2.38. The molecule has 3 aromatic rings. The van der Waals surface area contributed by atoms with Gasteiger partial charge in [-0.2, -0.15) is 8.78 Å². The fourth-order valence-electron chi connectivity index (χ4n) is 3.65. The Labute approximate surface area is 216 Å². The summed E-state index contributed by atoms with van der Waals surface area (Å²) < 4.78 is 43.2. The van der Waals surface area contributed by atoms with E-state index in [0.29, 0.717) is 6.61 Å². The van der Waals surface area contributed by atoms with E-state index in [-0.39, 0.29) is 45.0 Å². The Hall–Kier alpha value is -3.14. The van der Waals surface area contributed by atoms with Gasteiger partial charge in [0.2, 0.25) is 0 Å². The maximum absolute atomic E-state index is 13.1. The van der Waals surface area contributed by atoms with Crippen molar-refractivity contribution in [2.45, 2.75) is 38.8 Å². The number of nitrogens with one attached hydrogen (secondary N) is 2. The molecule has 2 heterocycles. The molecule has 0 aliphatic carbocycles. The van der Waals surface area contributed by atoms with E-state index in [0.717, 1.165) is 5.56 Å². The van der Waals surface area contributed by atoms with Crippen LogP contribution in [0.25, 0.3) is 0 Å². The minimum Gasteiger partial charge on any atom is -0.479 e. The van der Waals surface area contributed by atoms with Crippen molar-refractivity contribution in [2.24, 2.45) is 0 Å². The van der Waals surface area contributed by atoms with Gasteiger partial charge in [-0.25, -0.2) is 0 Å². The van der Waals surface area contributed by atoms with Crippen LogP contribution in [-0.2, 0) is 11.3 Å². The minimum absolute atomic E-state index is 0.0255. The fourth-order valence-corrected chi connectivity index (χ4v) is 4.11. The first-order chi connectivity index (χ1) is 17.2. The quantitative estimate of drug-likeness (QED) is 0.345. The fraction of sp³-hybridized carbons (Fsp3) is 0.280. The van der Waals surface area contributed by atoms with Gasteiger partial charge in [-0.3, -0.25) is 9.78 Å². The van der Waals surface area contributed by atoms with Gasteiger partial charge in [0.25, 0.3) is 5.91 Å². The lowest BCUT2D eigenvalue weighted by Crippen LogP contribution is -2.49. The van der Waals surface area contributed by atoms with Gasteiger partial charge in [-0.15, -0.1) is 0 Å². The second kappa shape index (κ2) is 10.9. The number of pyridine rings is 1. The summed E-state index contributed by atoms with van der Waals surface area (Å²) in [6.07, 6.45) is 2.08. The molecule has 0 saturated carbocycles. The molecule has 1 aliphatic heterocycles. The Balaban J connectivity index is 1.60. The Morgan fingerprint density at radius 2 is 1.89 bits per heavy atom. The van der Waals surface area contributed by atoms with Gasteiger partial charge in [0.05, 0.1) is 40.1 Å². The Morgan fingerprint density at radius 3 is 2.56 bits per heavy atom.